The molecule has 0 aliphatic rings. The zero-order chi connectivity index (χ0) is 19.2. The third kappa shape index (κ3) is 4.22. The molecular weight excluding hydrogens is 338 g/mol. The predicted octanol–water partition coefficient (Wildman–Crippen LogP) is 3.87. The van der Waals surface area contributed by atoms with Gasteiger partial charge in [0, 0.05) is 24.5 Å². The van der Waals surface area contributed by atoms with Gasteiger partial charge in [-0.15, -0.1) is 5.10 Å². The first-order chi connectivity index (χ1) is 13.1. The van der Waals surface area contributed by atoms with Gasteiger partial charge in [0.1, 0.15) is 5.69 Å². The number of hydrogen-bond acceptors (Lipinski definition) is 4. The van der Waals surface area contributed by atoms with E-state index in [-0.39, 0.29) is 5.91 Å². The Morgan fingerprint density at radius 1 is 1.07 bits per heavy atom. The summed E-state index contributed by atoms with van der Waals surface area (Å²) in [6, 6.07) is 9.82. The van der Waals surface area contributed by atoms with Crippen LogP contribution in [-0.2, 0) is 0 Å². The van der Waals surface area contributed by atoms with E-state index in [9.17, 15) is 4.79 Å². The molecule has 2 heterocycles. The highest BCUT2D eigenvalue weighted by Gasteiger charge is 2.22. The second-order valence-electron chi connectivity index (χ2n) is 6.67. The highest BCUT2D eigenvalue weighted by molar-refractivity contribution is 5.98. The number of unbranched alkanes of at least 4 members (excludes halogenated alkanes) is 2. The van der Waals surface area contributed by atoms with Crippen LogP contribution in [-0.4, -0.2) is 32.4 Å². The number of nitrogens with one attached hydrogen (secondary N) is 1. The number of benzene rings is 1. The van der Waals surface area contributed by atoms with Crippen molar-refractivity contribution in [3.63, 3.8) is 0 Å². The molecule has 0 saturated heterocycles. The minimum Gasteiger partial charge on any atom is -0.351 e. The monoisotopic (exact) mass is 363 g/mol. The highest BCUT2D eigenvalue weighted by atomic mass is 16.2. The summed E-state index contributed by atoms with van der Waals surface area (Å²) in [5.74, 6) is -0.201. The van der Waals surface area contributed by atoms with Crippen molar-refractivity contribution in [2.45, 2.75) is 40.0 Å². The predicted molar refractivity (Wildman–Crippen MR) is 106 cm³/mol. The maximum Gasteiger partial charge on any atom is 0.274 e. The third-order valence-electron chi connectivity index (χ3n) is 4.64. The van der Waals surface area contributed by atoms with E-state index in [0.717, 1.165) is 36.1 Å². The molecule has 27 heavy (non-hydrogen) atoms. The second kappa shape index (κ2) is 8.58. The fraction of sp³-hybridized carbons (Fsp3) is 0.333. The van der Waals surface area contributed by atoms with Crippen molar-refractivity contribution in [1.82, 2.24) is 25.3 Å². The zero-order valence-electron chi connectivity index (χ0n) is 16.1. The van der Waals surface area contributed by atoms with Crippen molar-refractivity contribution >= 4 is 5.91 Å². The molecule has 140 valence electrons. The summed E-state index contributed by atoms with van der Waals surface area (Å²) in [5.41, 5.74) is 5.10. The zero-order valence-corrected chi connectivity index (χ0v) is 16.1. The number of carbonyl (C=O) groups is 1. The first-order valence-corrected chi connectivity index (χ1v) is 9.33. The van der Waals surface area contributed by atoms with Crippen LogP contribution in [0.3, 0.4) is 0 Å². The van der Waals surface area contributed by atoms with Gasteiger partial charge in [-0.05, 0) is 55.7 Å². The van der Waals surface area contributed by atoms with E-state index >= 15 is 0 Å². The Labute approximate surface area is 159 Å². The van der Waals surface area contributed by atoms with Crippen molar-refractivity contribution in [2.75, 3.05) is 6.54 Å². The Bertz CT molecular complexity index is 918. The summed E-state index contributed by atoms with van der Waals surface area (Å²) < 4.78 is 1.72. The van der Waals surface area contributed by atoms with Crippen LogP contribution in [0.1, 0.15) is 47.8 Å². The Balaban J connectivity index is 2.01. The topological polar surface area (TPSA) is 72.7 Å². The van der Waals surface area contributed by atoms with E-state index in [1.54, 1.807) is 17.1 Å². The molecule has 0 radical (unpaired) electrons. The first-order valence-electron chi connectivity index (χ1n) is 9.33. The molecular formula is C21H25N5O. The summed E-state index contributed by atoms with van der Waals surface area (Å²) >= 11 is 0. The van der Waals surface area contributed by atoms with Crippen molar-refractivity contribution in [3.05, 3.63) is 59.5 Å². The molecule has 1 N–H and O–H groups in total. The molecule has 1 amide bonds. The molecule has 0 bridgehead atoms. The quantitative estimate of drug-likeness (QED) is 0.647. The van der Waals surface area contributed by atoms with Crippen molar-refractivity contribution < 1.29 is 4.79 Å². The summed E-state index contributed by atoms with van der Waals surface area (Å²) in [6.45, 7) is 6.90. The number of amides is 1. The largest absolute Gasteiger partial charge is 0.351 e. The maximum atomic E-state index is 12.7. The number of rotatable bonds is 7. The number of aryl methyl sites for hydroxylation is 2. The Kier molecular flexibility index (Phi) is 5.96. The normalized spacial score (nSPS) is 10.8. The number of nitrogens with zero attached hydrogens (tertiary/aromatic N) is 4. The number of pyridine rings is 1. The fourth-order valence-corrected chi connectivity index (χ4v) is 2.90. The standard InChI is InChI=1S/C21H25N5O/c1-4-5-6-11-23-21(27)19-20(17-9-12-22-13-10-17)26(25-24-19)18-8-7-15(2)16(3)14-18/h7-10,12-14H,4-6,11H2,1-3H3,(H,23,27). The molecule has 0 spiro atoms. The number of hydrogen-bond donors (Lipinski definition) is 1. The lowest BCUT2D eigenvalue weighted by molar-refractivity contribution is 0.0948. The molecule has 0 saturated carbocycles. The van der Waals surface area contributed by atoms with Crippen LogP contribution in [0, 0.1) is 13.8 Å². The average molecular weight is 363 g/mol. The van der Waals surface area contributed by atoms with Crippen LogP contribution in [0.2, 0.25) is 0 Å². The van der Waals surface area contributed by atoms with Crippen LogP contribution in [0.5, 0.6) is 0 Å². The molecule has 0 unspecified atom stereocenters. The lowest BCUT2D eigenvalue weighted by Gasteiger charge is -2.10. The summed E-state index contributed by atoms with van der Waals surface area (Å²) in [7, 11) is 0. The van der Waals surface area contributed by atoms with Crippen LogP contribution in [0.4, 0.5) is 0 Å². The van der Waals surface area contributed by atoms with Gasteiger partial charge in [0.05, 0.1) is 5.69 Å². The van der Waals surface area contributed by atoms with Crippen LogP contribution in [0.15, 0.2) is 42.7 Å². The van der Waals surface area contributed by atoms with E-state index in [0.29, 0.717) is 17.9 Å². The van der Waals surface area contributed by atoms with Crippen molar-refractivity contribution in [2.24, 2.45) is 0 Å². The molecule has 0 aliphatic heterocycles. The third-order valence-corrected chi connectivity index (χ3v) is 4.64. The number of aromatic nitrogens is 4. The van der Waals surface area contributed by atoms with Gasteiger partial charge in [0.15, 0.2) is 5.69 Å². The van der Waals surface area contributed by atoms with Gasteiger partial charge in [0.25, 0.3) is 5.91 Å². The van der Waals surface area contributed by atoms with E-state index in [1.807, 2.05) is 24.3 Å². The molecule has 0 fully saturated rings. The molecule has 2 aromatic heterocycles. The van der Waals surface area contributed by atoms with Crippen molar-refractivity contribution in [3.8, 4) is 16.9 Å². The van der Waals surface area contributed by atoms with Gasteiger partial charge in [-0.2, -0.15) is 0 Å². The fourth-order valence-electron chi connectivity index (χ4n) is 2.90. The lowest BCUT2D eigenvalue weighted by Crippen LogP contribution is -2.25. The van der Waals surface area contributed by atoms with Crippen molar-refractivity contribution in [1.29, 1.82) is 0 Å². The van der Waals surface area contributed by atoms with Gasteiger partial charge in [-0.25, -0.2) is 4.68 Å². The minimum absolute atomic E-state index is 0.201. The Morgan fingerprint density at radius 2 is 1.85 bits per heavy atom. The van der Waals surface area contributed by atoms with Gasteiger partial charge < -0.3 is 5.32 Å². The minimum atomic E-state index is -0.201. The molecule has 0 aliphatic carbocycles. The maximum absolute atomic E-state index is 12.7. The summed E-state index contributed by atoms with van der Waals surface area (Å²) in [6.07, 6.45) is 6.57. The van der Waals surface area contributed by atoms with E-state index in [2.05, 4.69) is 47.5 Å². The van der Waals surface area contributed by atoms with Gasteiger partial charge >= 0.3 is 0 Å². The number of carbonyl (C=O) groups excluding carboxylic acids is 1. The van der Waals surface area contributed by atoms with E-state index < -0.39 is 0 Å². The summed E-state index contributed by atoms with van der Waals surface area (Å²) in [5, 5.41) is 11.4. The molecule has 6 heteroatoms. The average Bonchev–Trinajstić information content (AvgIpc) is 3.13. The molecule has 6 nitrogen and oxygen atoms in total. The summed E-state index contributed by atoms with van der Waals surface area (Å²) in [4.78, 5) is 16.8. The smallest absolute Gasteiger partial charge is 0.274 e. The van der Waals surface area contributed by atoms with E-state index in [4.69, 9.17) is 0 Å². The second-order valence-corrected chi connectivity index (χ2v) is 6.67. The lowest BCUT2D eigenvalue weighted by atomic mass is 10.1. The van der Waals surface area contributed by atoms with Gasteiger partial charge in [0.2, 0.25) is 0 Å². The van der Waals surface area contributed by atoms with Gasteiger partial charge in [-0.1, -0.05) is 31.0 Å². The Morgan fingerprint density at radius 3 is 2.56 bits per heavy atom. The SMILES string of the molecule is CCCCCNC(=O)c1nnn(-c2ccc(C)c(C)c2)c1-c1ccncc1. The molecule has 0 atom stereocenters. The molecule has 3 aromatic rings. The van der Waals surface area contributed by atoms with Crippen LogP contribution >= 0.6 is 0 Å². The van der Waals surface area contributed by atoms with Crippen LogP contribution < -0.4 is 5.32 Å². The first kappa shape index (κ1) is 18.8. The van der Waals surface area contributed by atoms with Gasteiger partial charge in [-0.3, -0.25) is 9.78 Å². The Hall–Kier alpha value is -3.02. The van der Waals surface area contributed by atoms with Crippen LogP contribution in [0.25, 0.3) is 16.9 Å². The van der Waals surface area contributed by atoms with E-state index in [1.165, 1.54) is 5.56 Å². The highest BCUT2D eigenvalue weighted by Crippen LogP contribution is 2.25. The molecule has 3 rings (SSSR count). The molecule has 1 aromatic carbocycles.